The summed E-state index contributed by atoms with van der Waals surface area (Å²) in [5.74, 6) is 0.790. The van der Waals surface area contributed by atoms with Crippen LogP contribution in [0.3, 0.4) is 0 Å². The molecule has 15 heavy (non-hydrogen) atoms. The molecule has 0 radical (unpaired) electrons. The number of hydrogen-bond acceptors (Lipinski definition) is 2. The molecule has 0 aromatic rings. The van der Waals surface area contributed by atoms with E-state index in [0.29, 0.717) is 11.5 Å². The van der Waals surface area contributed by atoms with Crippen LogP contribution in [-0.2, 0) is 0 Å². The Hall–Kier alpha value is -0.0800. The van der Waals surface area contributed by atoms with E-state index < -0.39 is 0 Å². The molecule has 0 aliphatic heterocycles. The van der Waals surface area contributed by atoms with Crippen molar-refractivity contribution in [2.45, 2.75) is 52.5 Å². The summed E-state index contributed by atoms with van der Waals surface area (Å²) in [5, 5.41) is 0. The highest BCUT2D eigenvalue weighted by molar-refractivity contribution is 4.91. The molecule has 0 bridgehead atoms. The highest BCUT2D eigenvalue weighted by Crippen LogP contribution is 2.40. The third-order valence-electron chi connectivity index (χ3n) is 4.00. The van der Waals surface area contributed by atoms with Crippen molar-refractivity contribution in [3.05, 3.63) is 0 Å². The first-order valence-electron chi connectivity index (χ1n) is 6.39. The SMILES string of the molecule is CC(C)CC(C)N(C)CC1(CN)CCC1. The van der Waals surface area contributed by atoms with Crippen LogP contribution in [0.2, 0.25) is 0 Å². The summed E-state index contributed by atoms with van der Waals surface area (Å²) in [4.78, 5) is 2.51. The Bertz CT molecular complexity index is 179. The Balaban J connectivity index is 2.36. The molecule has 0 aromatic carbocycles. The summed E-state index contributed by atoms with van der Waals surface area (Å²) in [6, 6.07) is 0.689. The van der Waals surface area contributed by atoms with E-state index in [1.165, 1.54) is 32.2 Å². The Morgan fingerprint density at radius 1 is 1.27 bits per heavy atom. The maximum atomic E-state index is 5.89. The van der Waals surface area contributed by atoms with Gasteiger partial charge in [0.1, 0.15) is 0 Å². The zero-order chi connectivity index (χ0) is 11.5. The van der Waals surface area contributed by atoms with Gasteiger partial charge in [-0.3, -0.25) is 0 Å². The summed E-state index contributed by atoms with van der Waals surface area (Å²) < 4.78 is 0. The second kappa shape index (κ2) is 5.31. The second-order valence-corrected chi connectivity index (χ2v) is 5.95. The summed E-state index contributed by atoms with van der Waals surface area (Å²) in [5.41, 5.74) is 6.35. The highest BCUT2D eigenvalue weighted by atomic mass is 15.1. The molecule has 0 spiro atoms. The van der Waals surface area contributed by atoms with Gasteiger partial charge in [-0.05, 0) is 51.1 Å². The molecule has 1 fully saturated rings. The number of rotatable bonds is 6. The first-order valence-corrected chi connectivity index (χ1v) is 6.39. The van der Waals surface area contributed by atoms with Crippen molar-refractivity contribution < 1.29 is 0 Å². The van der Waals surface area contributed by atoms with Gasteiger partial charge >= 0.3 is 0 Å². The lowest BCUT2D eigenvalue weighted by molar-refractivity contribution is 0.0658. The van der Waals surface area contributed by atoms with Crippen LogP contribution in [0.4, 0.5) is 0 Å². The van der Waals surface area contributed by atoms with Crippen LogP contribution in [-0.4, -0.2) is 31.1 Å². The molecule has 1 unspecified atom stereocenters. The van der Waals surface area contributed by atoms with E-state index in [1.807, 2.05) is 0 Å². The van der Waals surface area contributed by atoms with E-state index in [4.69, 9.17) is 5.73 Å². The van der Waals surface area contributed by atoms with Gasteiger partial charge < -0.3 is 10.6 Å². The smallest absolute Gasteiger partial charge is 0.00665 e. The minimum Gasteiger partial charge on any atom is -0.330 e. The normalized spacial score (nSPS) is 21.8. The van der Waals surface area contributed by atoms with Gasteiger partial charge in [0.2, 0.25) is 0 Å². The fraction of sp³-hybridized carbons (Fsp3) is 1.00. The van der Waals surface area contributed by atoms with Crippen LogP contribution in [0, 0.1) is 11.3 Å². The van der Waals surface area contributed by atoms with Crippen LogP contribution in [0.25, 0.3) is 0 Å². The topological polar surface area (TPSA) is 29.3 Å². The Morgan fingerprint density at radius 2 is 1.87 bits per heavy atom. The van der Waals surface area contributed by atoms with Crippen molar-refractivity contribution in [2.24, 2.45) is 17.1 Å². The van der Waals surface area contributed by atoms with Crippen LogP contribution in [0.15, 0.2) is 0 Å². The Morgan fingerprint density at radius 3 is 2.20 bits per heavy atom. The maximum absolute atomic E-state index is 5.89. The number of nitrogens with two attached hydrogens (primary N) is 1. The van der Waals surface area contributed by atoms with Crippen LogP contribution in [0.1, 0.15) is 46.5 Å². The third kappa shape index (κ3) is 3.46. The molecule has 1 rings (SSSR count). The molecule has 2 nitrogen and oxygen atoms in total. The molecule has 1 aliphatic carbocycles. The molecular weight excluding hydrogens is 184 g/mol. The first-order chi connectivity index (χ1) is 6.99. The van der Waals surface area contributed by atoms with Crippen molar-refractivity contribution in [3.8, 4) is 0 Å². The standard InChI is InChI=1S/C13H28N2/c1-11(2)8-12(3)15(4)10-13(9-14)6-5-7-13/h11-12H,5-10,14H2,1-4H3. The molecular formula is C13H28N2. The van der Waals surface area contributed by atoms with Gasteiger partial charge in [0.15, 0.2) is 0 Å². The van der Waals surface area contributed by atoms with Crippen molar-refractivity contribution >= 4 is 0 Å². The summed E-state index contributed by atoms with van der Waals surface area (Å²) in [7, 11) is 2.25. The van der Waals surface area contributed by atoms with E-state index in [-0.39, 0.29) is 0 Å². The van der Waals surface area contributed by atoms with E-state index in [0.717, 1.165) is 12.5 Å². The lowest BCUT2D eigenvalue weighted by Crippen LogP contribution is -2.48. The van der Waals surface area contributed by atoms with Gasteiger partial charge in [0.25, 0.3) is 0 Å². The quantitative estimate of drug-likeness (QED) is 0.733. The van der Waals surface area contributed by atoms with Gasteiger partial charge in [-0.2, -0.15) is 0 Å². The van der Waals surface area contributed by atoms with Gasteiger partial charge in [-0.1, -0.05) is 20.3 Å². The van der Waals surface area contributed by atoms with E-state index >= 15 is 0 Å². The molecule has 2 heteroatoms. The van der Waals surface area contributed by atoms with Crippen molar-refractivity contribution in [2.75, 3.05) is 20.1 Å². The molecule has 2 N–H and O–H groups in total. The fourth-order valence-corrected chi connectivity index (χ4v) is 2.65. The minimum atomic E-state index is 0.458. The third-order valence-corrected chi connectivity index (χ3v) is 4.00. The minimum absolute atomic E-state index is 0.458. The van der Waals surface area contributed by atoms with Gasteiger partial charge in [0.05, 0.1) is 0 Å². The van der Waals surface area contributed by atoms with E-state index in [2.05, 4.69) is 32.7 Å². The van der Waals surface area contributed by atoms with Gasteiger partial charge in [-0.25, -0.2) is 0 Å². The number of nitrogens with zero attached hydrogens (tertiary/aromatic N) is 1. The molecule has 1 atom stereocenters. The first kappa shape index (κ1) is 13.0. The van der Waals surface area contributed by atoms with Crippen LogP contribution in [0.5, 0.6) is 0 Å². The Kier molecular flexibility index (Phi) is 4.60. The van der Waals surface area contributed by atoms with Crippen molar-refractivity contribution in [3.63, 3.8) is 0 Å². The summed E-state index contributed by atoms with van der Waals surface area (Å²) >= 11 is 0. The fourth-order valence-electron chi connectivity index (χ4n) is 2.65. The number of hydrogen-bond donors (Lipinski definition) is 1. The second-order valence-electron chi connectivity index (χ2n) is 5.95. The predicted molar refractivity (Wildman–Crippen MR) is 66.9 cm³/mol. The molecule has 0 amide bonds. The lowest BCUT2D eigenvalue weighted by Gasteiger charge is -2.45. The largest absolute Gasteiger partial charge is 0.330 e. The van der Waals surface area contributed by atoms with Gasteiger partial charge in [0, 0.05) is 12.6 Å². The molecule has 0 saturated heterocycles. The predicted octanol–water partition coefficient (Wildman–Crippen LogP) is 2.48. The maximum Gasteiger partial charge on any atom is 0.00665 e. The lowest BCUT2D eigenvalue weighted by atomic mass is 9.68. The zero-order valence-electron chi connectivity index (χ0n) is 10.9. The highest BCUT2D eigenvalue weighted by Gasteiger charge is 2.37. The molecule has 0 heterocycles. The average molecular weight is 212 g/mol. The molecule has 0 aromatic heterocycles. The van der Waals surface area contributed by atoms with Gasteiger partial charge in [-0.15, -0.1) is 0 Å². The molecule has 90 valence electrons. The summed E-state index contributed by atoms with van der Waals surface area (Å²) in [6.07, 6.45) is 5.34. The van der Waals surface area contributed by atoms with Crippen molar-refractivity contribution in [1.29, 1.82) is 0 Å². The monoisotopic (exact) mass is 212 g/mol. The average Bonchev–Trinajstić information content (AvgIpc) is 2.09. The Labute approximate surface area is 95.2 Å². The molecule has 1 saturated carbocycles. The summed E-state index contributed by atoms with van der Waals surface area (Å²) in [6.45, 7) is 8.99. The zero-order valence-corrected chi connectivity index (χ0v) is 10.9. The molecule has 1 aliphatic rings. The van der Waals surface area contributed by atoms with Crippen molar-refractivity contribution in [1.82, 2.24) is 4.90 Å². The van der Waals surface area contributed by atoms with E-state index in [1.54, 1.807) is 0 Å². The van der Waals surface area contributed by atoms with Crippen LogP contribution < -0.4 is 5.73 Å². The van der Waals surface area contributed by atoms with E-state index in [9.17, 15) is 0 Å². The van der Waals surface area contributed by atoms with Crippen LogP contribution >= 0.6 is 0 Å².